The van der Waals surface area contributed by atoms with Crippen molar-refractivity contribution in [1.29, 1.82) is 0 Å². The van der Waals surface area contributed by atoms with Crippen LogP contribution in [-0.4, -0.2) is 57.6 Å². The van der Waals surface area contributed by atoms with Crippen molar-refractivity contribution in [3.05, 3.63) is 53.9 Å². The van der Waals surface area contributed by atoms with E-state index in [1.54, 1.807) is 48.4 Å². The van der Waals surface area contributed by atoms with E-state index in [1.165, 1.54) is 12.1 Å². The van der Waals surface area contributed by atoms with Gasteiger partial charge in [0.1, 0.15) is 17.7 Å². The third kappa shape index (κ3) is 4.18. The van der Waals surface area contributed by atoms with Gasteiger partial charge in [-0.05, 0) is 31.8 Å². The molecule has 0 aliphatic heterocycles. The van der Waals surface area contributed by atoms with E-state index < -0.39 is 6.04 Å². The van der Waals surface area contributed by atoms with Gasteiger partial charge in [0, 0.05) is 26.0 Å². The van der Waals surface area contributed by atoms with Gasteiger partial charge < -0.3 is 14.6 Å². The molecule has 1 aromatic heterocycles. The second-order valence-electron chi connectivity index (χ2n) is 5.86. The molecule has 1 atom stereocenters. The van der Waals surface area contributed by atoms with Crippen LogP contribution in [0.3, 0.4) is 0 Å². The quantitative estimate of drug-likeness (QED) is 0.826. The lowest BCUT2D eigenvalue weighted by atomic mass is 10.0. The first-order valence-corrected chi connectivity index (χ1v) is 7.71. The van der Waals surface area contributed by atoms with Crippen LogP contribution in [-0.2, 0) is 18.4 Å². The van der Waals surface area contributed by atoms with Gasteiger partial charge in [-0.2, -0.15) is 0 Å². The molecule has 0 saturated heterocycles. The number of hydrogen-bond donors (Lipinski definition) is 1. The second-order valence-corrected chi connectivity index (χ2v) is 5.86. The Balaban J connectivity index is 2.27. The zero-order valence-electron chi connectivity index (χ0n) is 14.2. The standard InChI is InChI=1S/C17H23FN4O2/c1-20(2)16(13-4-6-14(18)7-5-13)17(24)22(10-11-23)12-15-19-8-9-21(15)3/h4-9,16,23H,10-12H2,1-3H3/t16-/m1/s1. The van der Waals surface area contributed by atoms with E-state index in [4.69, 9.17) is 0 Å². The monoisotopic (exact) mass is 334 g/mol. The third-order valence-electron chi connectivity index (χ3n) is 3.87. The molecule has 0 saturated carbocycles. The van der Waals surface area contributed by atoms with Crippen LogP contribution in [0.4, 0.5) is 4.39 Å². The van der Waals surface area contributed by atoms with Crippen molar-refractivity contribution in [2.45, 2.75) is 12.6 Å². The van der Waals surface area contributed by atoms with Crippen LogP contribution in [0.25, 0.3) is 0 Å². The Labute approximate surface area is 141 Å². The number of aryl methyl sites for hydroxylation is 1. The maximum Gasteiger partial charge on any atom is 0.244 e. The number of benzene rings is 1. The first kappa shape index (κ1) is 18.1. The van der Waals surface area contributed by atoms with Crippen molar-refractivity contribution in [3.63, 3.8) is 0 Å². The molecule has 0 spiro atoms. The first-order chi connectivity index (χ1) is 11.4. The highest BCUT2D eigenvalue weighted by molar-refractivity contribution is 5.83. The lowest BCUT2D eigenvalue weighted by molar-refractivity contribution is -0.137. The van der Waals surface area contributed by atoms with Crippen LogP contribution in [0.1, 0.15) is 17.4 Å². The lowest BCUT2D eigenvalue weighted by Crippen LogP contribution is -2.42. The molecule has 6 nitrogen and oxygen atoms in total. The number of aliphatic hydroxyl groups excluding tert-OH is 1. The number of likely N-dealkylation sites (N-methyl/N-ethyl adjacent to an activating group) is 1. The average Bonchev–Trinajstić information content (AvgIpc) is 2.94. The topological polar surface area (TPSA) is 61.6 Å². The molecule has 1 amide bonds. The second kappa shape index (κ2) is 8.03. The lowest BCUT2D eigenvalue weighted by Gasteiger charge is -2.30. The van der Waals surface area contributed by atoms with E-state index in [0.29, 0.717) is 12.1 Å². The summed E-state index contributed by atoms with van der Waals surface area (Å²) in [6, 6.07) is 5.34. The number of hydrogen-bond acceptors (Lipinski definition) is 4. The molecule has 130 valence electrons. The minimum Gasteiger partial charge on any atom is -0.395 e. The van der Waals surface area contributed by atoms with Crippen molar-refractivity contribution in [2.24, 2.45) is 7.05 Å². The summed E-state index contributed by atoms with van der Waals surface area (Å²) >= 11 is 0. The number of halogens is 1. The zero-order chi connectivity index (χ0) is 17.7. The van der Waals surface area contributed by atoms with E-state index in [2.05, 4.69) is 4.98 Å². The van der Waals surface area contributed by atoms with E-state index in [-0.39, 0.29) is 24.9 Å². The number of carbonyl (C=O) groups is 1. The summed E-state index contributed by atoms with van der Waals surface area (Å²) in [7, 11) is 5.45. The molecule has 7 heteroatoms. The summed E-state index contributed by atoms with van der Waals surface area (Å²) in [5.41, 5.74) is 0.703. The third-order valence-corrected chi connectivity index (χ3v) is 3.87. The van der Waals surface area contributed by atoms with E-state index in [0.717, 1.165) is 5.82 Å². The predicted molar refractivity (Wildman–Crippen MR) is 88.5 cm³/mol. The van der Waals surface area contributed by atoms with Gasteiger partial charge in [0.2, 0.25) is 5.91 Å². The van der Waals surface area contributed by atoms with Crippen LogP contribution in [0, 0.1) is 5.82 Å². The molecule has 0 aliphatic rings. The molecule has 24 heavy (non-hydrogen) atoms. The van der Waals surface area contributed by atoms with E-state index >= 15 is 0 Å². The number of aromatic nitrogens is 2. The van der Waals surface area contributed by atoms with Crippen LogP contribution in [0.5, 0.6) is 0 Å². The van der Waals surface area contributed by atoms with Crippen molar-refractivity contribution >= 4 is 5.91 Å². The molecular formula is C17H23FN4O2. The van der Waals surface area contributed by atoms with Gasteiger partial charge >= 0.3 is 0 Å². The number of nitrogens with zero attached hydrogens (tertiary/aromatic N) is 4. The Bertz CT molecular complexity index is 669. The fraction of sp³-hybridized carbons (Fsp3) is 0.412. The van der Waals surface area contributed by atoms with Crippen LogP contribution in [0.15, 0.2) is 36.7 Å². The molecule has 2 rings (SSSR count). The Morgan fingerprint density at radius 2 is 2.00 bits per heavy atom. The Morgan fingerprint density at radius 3 is 2.50 bits per heavy atom. The first-order valence-electron chi connectivity index (χ1n) is 7.71. The Kier molecular flexibility index (Phi) is 6.05. The largest absolute Gasteiger partial charge is 0.395 e. The van der Waals surface area contributed by atoms with Crippen molar-refractivity contribution in [2.75, 3.05) is 27.2 Å². The molecular weight excluding hydrogens is 311 g/mol. The van der Waals surface area contributed by atoms with Gasteiger partial charge in [-0.3, -0.25) is 9.69 Å². The minimum absolute atomic E-state index is 0.139. The van der Waals surface area contributed by atoms with Crippen molar-refractivity contribution < 1.29 is 14.3 Å². The number of imidazole rings is 1. The van der Waals surface area contributed by atoms with Gasteiger partial charge in [0.25, 0.3) is 0 Å². The van der Waals surface area contributed by atoms with Gasteiger partial charge in [-0.25, -0.2) is 9.37 Å². The van der Waals surface area contributed by atoms with E-state index in [1.807, 2.05) is 11.6 Å². The maximum atomic E-state index is 13.2. The van der Waals surface area contributed by atoms with Crippen LogP contribution < -0.4 is 0 Å². The number of carbonyl (C=O) groups excluding carboxylic acids is 1. The molecule has 0 unspecified atom stereocenters. The van der Waals surface area contributed by atoms with Gasteiger partial charge in [0.15, 0.2) is 0 Å². The summed E-state index contributed by atoms with van der Waals surface area (Å²) in [6.45, 7) is 0.366. The normalized spacial score (nSPS) is 12.4. The predicted octanol–water partition coefficient (Wildman–Crippen LogP) is 1.18. The molecule has 0 fully saturated rings. The molecule has 2 aromatic rings. The van der Waals surface area contributed by atoms with Crippen LogP contribution in [0.2, 0.25) is 0 Å². The highest BCUT2D eigenvalue weighted by Gasteiger charge is 2.28. The van der Waals surface area contributed by atoms with Crippen molar-refractivity contribution in [3.8, 4) is 0 Å². The molecule has 0 bridgehead atoms. The smallest absolute Gasteiger partial charge is 0.244 e. The number of amides is 1. The summed E-state index contributed by atoms with van der Waals surface area (Å²) in [6.07, 6.45) is 3.47. The molecule has 1 heterocycles. The highest BCUT2D eigenvalue weighted by atomic mass is 19.1. The Morgan fingerprint density at radius 1 is 1.33 bits per heavy atom. The van der Waals surface area contributed by atoms with Crippen LogP contribution >= 0.6 is 0 Å². The fourth-order valence-corrected chi connectivity index (χ4v) is 2.59. The zero-order valence-corrected chi connectivity index (χ0v) is 14.2. The van der Waals surface area contributed by atoms with Gasteiger partial charge in [0.05, 0.1) is 13.2 Å². The maximum absolute atomic E-state index is 13.2. The molecule has 0 aliphatic carbocycles. The van der Waals surface area contributed by atoms with Crippen molar-refractivity contribution in [1.82, 2.24) is 19.4 Å². The number of rotatable bonds is 7. The summed E-state index contributed by atoms with van der Waals surface area (Å²) in [4.78, 5) is 20.6. The summed E-state index contributed by atoms with van der Waals surface area (Å²) in [5.74, 6) is 0.223. The SMILES string of the molecule is CN(C)[C@@H](C(=O)N(CCO)Cc1nccn1C)c1ccc(F)cc1. The van der Waals surface area contributed by atoms with Gasteiger partial charge in [-0.1, -0.05) is 12.1 Å². The summed E-state index contributed by atoms with van der Waals surface area (Å²) < 4.78 is 15.0. The number of aliphatic hydroxyl groups is 1. The summed E-state index contributed by atoms with van der Waals surface area (Å²) in [5, 5.41) is 9.33. The molecule has 0 radical (unpaired) electrons. The average molecular weight is 334 g/mol. The minimum atomic E-state index is -0.558. The Hall–Kier alpha value is -2.25. The highest BCUT2D eigenvalue weighted by Crippen LogP contribution is 2.22. The molecule has 1 N–H and O–H groups in total. The van der Waals surface area contributed by atoms with Gasteiger partial charge in [-0.15, -0.1) is 0 Å². The molecule has 1 aromatic carbocycles. The van der Waals surface area contributed by atoms with E-state index in [9.17, 15) is 14.3 Å². The fourth-order valence-electron chi connectivity index (χ4n) is 2.59.